The minimum Gasteiger partial charge on any atom is -0.359 e. The summed E-state index contributed by atoms with van der Waals surface area (Å²) in [4.78, 5) is 8.85. The van der Waals surface area contributed by atoms with Crippen LogP contribution in [0.2, 0.25) is 0 Å². The average molecular weight is 235 g/mol. The van der Waals surface area contributed by atoms with Crippen LogP contribution in [0.4, 0.5) is 0 Å². The highest BCUT2D eigenvalue weighted by atomic mass is 32.2. The highest BCUT2D eigenvalue weighted by Gasteiger charge is 2.11. The molecule has 0 aliphatic carbocycles. The zero-order valence-corrected chi connectivity index (χ0v) is 10.5. The molecule has 86 valence electrons. The van der Waals surface area contributed by atoms with Crippen molar-refractivity contribution in [1.82, 2.24) is 10.3 Å². The lowest BCUT2D eigenvalue weighted by Crippen LogP contribution is -2.26. The first-order chi connectivity index (χ1) is 7.75. The zero-order valence-electron chi connectivity index (χ0n) is 9.73. The summed E-state index contributed by atoms with van der Waals surface area (Å²) in [6, 6.07) is 4.05. The van der Waals surface area contributed by atoms with Gasteiger partial charge in [-0.25, -0.2) is 0 Å². The monoisotopic (exact) mass is 235 g/mol. The van der Waals surface area contributed by atoms with E-state index in [0.717, 1.165) is 29.7 Å². The molecule has 2 rings (SSSR count). The van der Waals surface area contributed by atoms with E-state index in [1.165, 1.54) is 5.56 Å². The second kappa shape index (κ2) is 5.34. The predicted octanol–water partition coefficient (Wildman–Crippen LogP) is 2.22. The Morgan fingerprint density at radius 1 is 1.56 bits per heavy atom. The molecule has 0 radical (unpaired) electrons. The third-order valence-corrected chi connectivity index (χ3v) is 3.86. The lowest BCUT2D eigenvalue weighted by molar-refractivity contribution is 0.668. The van der Waals surface area contributed by atoms with Crippen LogP contribution < -0.4 is 5.32 Å². The molecule has 2 heterocycles. The standard InChI is InChI=1S/C12H17N3S/c1-9-6-14-12(16-8-9)15-7-11-10(2)4-3-5-13-11/h3-5,9H,6-8H2,1-2H3,(H,14,15). The number of aromatic nitrogens is 1. The number of pyridine rings is 1. The van der Waals surface area contributed by atoms with Gasteiger partial charge in [-0.1, -0.05) is 24.8 Å². The van der Waals surface area contributed by atoms with Gasteiger partial charge in [-0.05, 0) is 24.5 Å². The second-order valence-corrected chi connectivity index (χ2v) is 5.19. The van der Waals surface area contributed by atoms with Gasteiger partial charge in [-0.2, -0.15) is 0 Å². The Labute approximate surface area is 101 Å². The number of hydrogen-bond donors (Lipinski definition) is 1. The van der Waals surface area contributed by atoms with Crippen LogP contribution in [0, 0.1) is 12.8 Å². The zero-order chi connectivity index (χ0) is 11.4. The summed E-state index contributed by atoms with van der Waals surface area (Å²) < 4.78 is 0. The fourth-order valence-electron chi connectivity index (χ4n) is 1.53. The van der Waals surface area contributed by atoms with Crippen LogP contribution in [-0.2, 0) is 6.54 Å². The van der Waals surface area contributed by atoms with E-state index in [0.29, 0.717) is 5.92 Å². The molecule has 0 fully saturated rings. The third kappa shape index (κ3) is 2.98. The molecule has 0 spiro atoms. The number of nitrogens with zero attached hydrogens (tertiary/aromatic N) is 2. The second-order valence-electron chi connectivity index (χ2n) is 4.18. The van der Waals surface area contributed by atoms with Crippen LogP contribution in [0.1, 0.15) is 18.2 Å². The molecule has 3 nitrogen and oxygen atoms in total. The maximum absolute atomic E-state index is 4.50. The first kappa shape index (κ1) is 11.5. The van der Waals surface area contributed by atoms with Gasteiger partial charge in [0, 0.05) is 18.5 Å². The van der Waals surface area contributed by atoms with Crippen molar-refractivity contribution >= 4 is 16.9 Å². The molecule has 1 aromatic rings. The van der Waals surface area contributed by atoms with Gasteiger partial charge in [0.05, 0.1) is 12.2 Å². The average Bonchev–Trinajstić information content (AvgIpc) is 2.30. The van der Waals surface area contributed by atoms with E-state index in [9.17, 15) is 0 Å². The van der Waals surface area contributed by atoms with E-state index < -0.39 is 0 Å². The minimum atomic E-state index is 0.701. The molecular formula is C12H17N3S. The van der Waals surface area contributed by atoms with Gasteiger partial charge in [-0.3, -0.25) is 9.98 Å². The minimum absolute atomic E-state index is 0.701. The van der Waals surface area contributed by atoms with Crippen molar-refractivity contribution in [2.75, 3.05) is 12.3 Å². The van der Waals surface area contributed by atoms with E-state index in [-0.39, 0.29) is 0 Å². The maximum Gasteiger partial charge on any atom is 0.156 e. The molecular weight excluding hydrogens is 218 g/mol. The summed E-state index contributed by atoms with van der Waals surface area (Å²) in [5, 5.41) is 4.41. The summed E-state index contributed by atoms with van der Waals surface area (Å²) in [5.41, 5.74) is 2.33. The molecule has 1 N–H and O–H groups in total. The molecule has 0 aromatic carbocycles. The van der Waals surface area contributed by atoms with Crippen LogP contribution in [0.5, 0.6) is 0 Å². The van der Waals surface area contributed by atoms with Gasteiger partial charge in [0.25, 0.3) is 0 Å². The molecule has 4 heteroatoms. The van der Waals surface area contributed by atoms with Gasteiger partial charge < -0.3 is 5.32 Å². The highest BCUT2D eigenvalue weighted by Crippen LogP contribution is 2.16. The van der Waals surface area contributed by atoms with Crippen LogP contribution in [-0.4, -0.2) is 22.4 Å². The normalized spacial score (nSPS) is 20.4. The van der Waals surface area contributed by atoms with Crippen molar-refractivity contribution in [2.24, 2.45) is 10.9 Å². The molecule has 1 aliphatic rings. The molecule has 0 saturated heterocycles. The first-order valence-electron chi connectivity index (χ1n) is 5.57. The first-order valence-corrected chi connectivity index (χ1v) is 6.56. The van der Waals surface area contributed by atoms with Crippen molar-refractivity contribution in [3.63, 3.8) is 0 Å². The van der Waals surface area contributed by atoms with Crippen molar-refractivity contribution in [3.8, 4) is 0 Å². The number of nitrogens with one attached hydrogen (secondary N) is 1. The quantitative estimate of drug-likeness (QED) is 0.854. The number of aryl methyl sites for hydroxylation is 1. The van der Waals surface area contributed by atoms with E-state index in [2.05, 4.69) is 35.2 Å². The summed E-state index contributed by atoms with van der Waals surface area (Å²) in [6.07, 6.45) is 1.84. The molecule has 1 aliphatic heterocycles. The number of amidine groups is 1. The van der Waals surface area contributed by atoms with Gasteiger partial charge in [0.15, 0.2) is 5.17 Å². The lowest BCUT2D eigenvalue weighted by atomic mass is 10.2. The molecule has 1 aromatic heterocycles. The predicted molar refractivity (Wildman–Crippen MR) is 69.7 cm³/mol. The smallest absolute Gasteiger partial charge is 0.156 e. The highest BCUT2D eigenvalue weighted by molar-refractivity contribution is 8.13. The Hall–Kier alpha value is -1.03. The summed E-state index contributed by atoms with van der Waals surface area (Å²) in [7, 11) is 0. The van der Waals surface area contributed by atoms with Gasteiger partial charge in [0.2, 0.25) is 0 Å². The van der Waals surface area contributed by atoms with E-state index >= 15 is 0 Å². The van der Waals surface area contributed by atoms with Gasteiger partial charge in [0.1, 0.15) is 0 Å². The molecule has 1 atom stereocenters. The van der Waals surface area contributed by atoms with Crippen LogP contribution in [0.25, 0.3) is 0 Å². The molecule has 0 amide bonds. The van der Waals surface area contributed by atoms with Crippen LogP contribution in [0.15, 0.2) is 23.3 Å². The van der Waals surface area contributed by atoms with Gasteiger partial charge in [-0.15, -0.1) is 0 Å². The van der Waals surface area contributed by atoms with Crippen molar-refractivity contribution in [1.29, 1.82) is 0 Å². The largest absolute Gasteiger partial charge is 0.359 e. The fraction of sp³-hybridized carbons (Fsp3) is 0.500. The van der Waals surface area contributed by atoms with Gasteiger partial charge >= 0.3 is 0 Å². The topological polar surface area (TPSA) is 37.3 Å². The van der Waals surface area contributed by atoms with E-state index in [1.54, 1.807) is 0 Å². The Morgan fingerprint density at radius 3 is 3.12 bits per heavy atom. The Kier molecular flexibility index (Phi) is 3.83. The Bertz CT molecular complexity index is 390. The Balaban J connectivity index is 1.91. The summed E-state index contributed by atoms with van der Waals surface area (Å²) in [5.74, 6) is 1.86. The number of aliphatic imine (C=N–C) groups is 1. The Morgan fingerprint density at radius 2 is 2.44 bits per heavy atom. The maximum atomic E-state index is 4.50. The van der Waals surface area contributed by atoms with Crippen molar-refractivity contribution in [3.05, 3.63) is 29.6 Å². The number of hydrogen-bond acceptors (Lipinski definition) is 4. The lowest BCUT2D eigenvalue weighted by Gasteiger charge is -2.17. The molecule has 0 bridgehead atoms. The molecule has 0 saturated carbocycles. The number of thioether (sulfide) groups is 1. The molecule has 16 heavy (non-hydrogen) atoms. The SMILES string of the molecule is Cc1cccnc1CNC1=NCC(C)CS1. The van der Waals surface area contributed by atoms with E-state index in [4.69, 9.17) is 0 Å². The fourth-order valence-corrected chi connectivity index (χ4v) is 2.42. The van der Waals surface area contributed by atoms with Crippen LogP contribution in [0.3, 0.4) is 0 Å². The van der Waals surface area contributed by atoms with Crippen molar-refractivity contribution < 1.29 is 0 Å². The van der Waals surface area contributed by atoms with Crippen molar-refractivity contribution in [2.45, 2.75) is 20.4 Å². The summed E-state index contributed by atoms with van der Waals surface area (Å²) in [6.45, 7) is 6.03. The molecule has 1 unspecified atom stereocenters. The van der Waals surface area contributed by atoms with E-state index in [1.807, 2.05) is 24.0 Å². The van der Waals surface area contributed by atoms with Crippen LogP contribution >= 0.6 is 11.8 Å². The number of rotatable bonds is 2. The summed E-state index contributed by atoms with van der Waals surface area (Å²) >= 11 is 1.81. The third-order valence-electron chi connectivity index (χ3n) is 2.58.